The summed E-state index contributed by atoms with van der Waals surface area (Å²) >= 11 is 5.20. The van der Waals surface area contributed by atoms with E-state index in [1.54, 1.807) is 18.2 Å². The first kappa shape index (κ1) is 20.0. The van der Waals surface area contributed by atoms with Crippen LogP contribution in [0.1, 0.15) is 10.6 Å². The maximum atomic E-state index is 12.5. The third-order valence-corrected chi connectivity index (χ3v) is 4.77. The molecule has 1 aromatic heterocycles. The van der Waals surface area contributed by atoms with Gasteiger partial charge in [-0.25, -0.2) is 0 Å². The lowest BCUT2D eigenvalue weighted by Gasteiger charge is -2.13. The summed E-state index contributed by atoms with van der Waals surface area (Å²) in [5.41, 5.74) is 0.490. The summed E-state index contributed by atoms with van der Waals surface area (Å²) in [5.74, 6) is -0.545. The first-order valence-electron chi connectivity index (χ1n) is 9.10. The van der Waals surface area contributed by atoms with Gasteiger partial charge < -0.3 is 14.8 Å². The average Bonchev–Trinajstić information content (AvgIpc) is 3.26. The van der Waals surface area contributed by atoms with Gasteiger partial charge in [0.1, 0.15) is 11.5 Å². The normalized spacial score (nSPS) is 10.6. The third kappa shape index (κ3) is 4.07. The second-order valence-corrected chi connectivity index (χ2v) is 6.94. The van der Waals surface area contributed by atoms with Crippen LogP contribution in [-0.2, 0) is 0 Å². The smallest absolute Gasteiger partial charge is 0.293 e. The molecule has 0 saturated heterocycles. The molecule has 0 aliphatic carbocycles. The van der Waals surface area contributed by atoms with Gasteiger partial charge in [0.25, 0.3) is 11.6 Å². The van der Waals surface area contributed by atoms with E-state index >= 15 is 0 Å². The van der Waals surface area contributed by atoms with E-state index in [0.717, 1.165) is 10.8 Å². The Kier molecular flexibility index (Phi) is 5.33. The van der Waals surface area contributed by atoms with Crippen LogP contribution in [0.3, 0.4) is 0 Å². The molecule has 4 rings (SSSR count). The molecule has 0 aliphatic rings. The van der Waals surface area contributed by atoms with Crippen molar-refractivity contribution in [3.05, 3.63) is 88.7 Å². The third-order valence-electron chi connectivity index (χ3n) is 4.57. The van der Waals surface area contributed by atoms with Gasteiger partial charge in [0.05, 0.1) is 16.2 Å². The van der Waals surface area contributed by atoms with E-state index in [4.69, 9.17) is 16.6 Å². The molecule has 3 aromatic carbocycles. The predicted molar refractivity (Wildman–Crippen MR) is 120 cm³/mol. The zero-order valence-corrected chi connectivity index (χ0v) is 16.7. The van der Waals surface area contributed by atoms with Crippen molar-refractivity contribution in [2.24, 2.45) is 0 Å². The summed E-state index contributed by atoms with van der Waals surface area (Å²) in [6.45, 7) is 0. The Hall–Kier alpha value is -4.24. The summed E-state index contributed by atoms with van der Waals surface area (Å²) in [5, 5.41) is 28.3. The number of para-hydroxylation sites is 1. The molecule has 1 amide bonds. The predicted octanol–water partition coefficient (Wildman–Crippen LogP) is 4.84. The van der Waals surface area contributed by atoms with Crippen molar-refractivity contribution in [3.8, 4) is 17.1 Å². The van der Waals surface area contributed by atoms with Crippen LogP contribution in [-0.4, -0.2) is 21.0 Å². The Morgan fingerprint density at radius 2 is 1.74 bits per heavy atom. The quantitative estimate of drug-likeness (QED) is 0.182. The Bertz CT molecular complexity index is 1330. The Morgan fingerprint density at radius 3 is 2.55 bits per heavy atom. The van der Waals surface area contributed by atoms with Crippen molar-refractivity contribution < 1.29 is 19.2 Å². The molecule has 154 valence electrons. The number of nitro benzene ring substituents is 1. The molecule has 0 bridgehead atoms. The van der Waals surface area contributed by atoms with Gasteiger partial charge in [-0.1, -0.05) is 42.5 Å². The summed E-state index contributed by atoms with van der Waals surface area (Å²) in [7, 11) is 0. The second kappa shape index (κ2) is 8.25. The van der Waals surface area contributed by atoms with E-state index in [1.807, 2.05) is 24.3 Å². The van der Waals surface area contributed by atoms with Crippen LogP contribution in [0.25, 0.3) is 22.1 Å². The number of amides is 1. The van der Waals surface area contributed by atoms with Gasteiger partial charge in [0.2, 0.25) is 0 Å². The van der Waals surface area contributed by atoms with E-state index in [-0.39, 0.29) is 33.6 Å². The number of phenols is 1. The molecule has 0 spiro atoms. The molecule has 0 unspecified atom stereocenters. The largest absolute Gasteiger partial charge is 0.506 e. The molecule has 0 fully saturated rings. The highest BCUT2D eigenvalue weighted by atomic mass is 32.1. The molecule has 4 aromatic rings. The zero-order valence-electron chi connectivity index (χ0n) is 15.9. The van der Waals surface area contributed by atoms with Gasteiger partial charge in [0.15, 0.2) is 10.9 Å². The van der Waals surface area contributed by atoms with Gasteiger partial charge in [-0.15, -0.1) is 0 Å². The maximum absolute atomic E-state index is 12.5. The Labute approximate surface area is 181 Å². The summed E-state index contributed by atoms with van der Waals surface area (Å²) in [6, 6.07) is 19.6. The Balaban J connectivity index is 1.52. The number of furan rings is 1. The number of nitro groups is 1. The molecule has 0 radical (unpaired) electrons. The van der Waals surface area contributed by atoms with Crippen molar-refractivity contribution >= 4 is 45.4 Å². The molecule has 3 N–H and O–H groups in total. The van der Waals surface area contributed by atoms with Crippen LogP contribution in [0.5, 0.6) is 5.75 Å². The van der Waals surface area contributed by atoms with E-state index in [1.165, 1.54) is 30.3 Å². The van der Waals surface area contributed by atoms with Crippen LogP contribution in [0.2, 0.25) is 0 Å². The minimum Gasteiger partial charge on any atom is -0.506 e. The molecule has 1 heterocycles. The maximum Gasteiger partial charge on any atom is 0.293 e. The number of nitrogens with one attached hydrogen (secondary N) is 2. The van der Waals surface area contributed by atoms with Crippen molar-refractivity contribution in [3.63, 3.8) is 0 Å². The molecule has 8 nitrogen and oxygen atoms in total. The molecular formula is C22H15N3O5S. The summed E-state index contributed by atoms with van der Waals surface area (Å²) < 4.78 is 5.51. The number of aromatic hydroxyl groups is 1. The minimum atomic E-state index is -0.637. The van der Waals surface area contributed by atoms with Crippen LogP contribution < -0.4 is 10.6 Å². The number of carbonyl (C=O) groups excluding carboxylic acids is 1. The van der Waals surface area contributed by atoms with Gasteiger partial charge in [-0.2, -0.15) is 0 Å². The lowest BCUT2D eigenvalue weighted by Crippen LogP contribution is -2.33. The van der Waals surface area contributed by atoms with Gasteiger partial charge in [-0.3, -0.25) is 20.2 Å². The number of hydrogen-bond donors (Lipinski definition) is 3. The summed E-state index contributed by atoms with van der Waals surface area (Å²) in [4.78, 5) is 23.2. The van der Waals surface area contributed by atoms with E-state index < -0.39 is 10.8 Å². The highest BCUT2D eigenvalue weighted by Crippen LogP contribution is 2.33. The van der Waals surface area contributed by atoms with Crippen LogP contribution >= 0.6 is 12.2 Å². The number of anilines is 1. The highest BCUT2D eigenvalue weighted by Gasteiger charge is 2.20. The van der Waals surface area contributed by atoms with Crippen molar-refractivity contribution in [2.75, 3.05) is 5.32 Å². The minimum absolute atomic E-state index is 0.0213. The fraction of sp³-hybridized carbons (Fsp3) is 0. The monoisotopic (exact) mass is 433 g/mol. The van der Waals surface area contributed by atoms with Crippen molar-refractivity contribution in [2.45, 2.75) is 0 Å². The molecule has 0 atom stereocenters. The number of phenolic OH excluding ortho intramolecular Hbond substituents is 1. The SMILES string of the molecule is O=C(NC(=S)Nc1c(O)ccc2ccccc12)c1ccc(-c2ccccc2[N+](=O)[O-])o1. The molecule has 0 aliphatic heterocycles. The number of thiocarbonyl (C=S) groups is 1. The van der Waals surface area contributed by atoms with E-state index in [2.05, 4.69) is 10.6 Å². The number of hydrogen-bond acceptors (Lipinski definition) is 6. The average molecular weight is 433 g/mol. The van der Waals surface area contributed by atoms with Gasteiger partial charge >= 0.3 is 0 Å². The van der Waals surface area contributed by atoms with Gasteiger partial charge in [-0.05, 0) is 41.9 Å². The number of benzene rings is 3. The number of fused-ring (bicyclic) bond motifs is 1. The molecule has 9 heteroatoms. The van der Waals surface area contributed by atoms with Crippen LogP contribution in [0.15, 0.2) is 77.2 Å². The van der Waals surface area contributed by atoms with Crippen molar-refractivity contribution in [1.29, 1.82) is 0 Å². The first-order valence-corrected chi connectivity index (χ1v) is 9.51. The fourth-order valence-corrected chi connectivity index (χ4v) is 3.34. The standard InChI is InChI=1S/C22H15N3O5S/c26-17-10-9-13-5-1-2-6-14(13)20(17)23-22(31)24-21(27)19-12-11-18(30-19)15-7-3-4-8-16(15)25(28)29/h1-12,26H,(H2,23,24,27,31). The van der Waals surface area contributed by atoms with Crippen LogP contribution in [0, 0.1) is 10.1 Å². The van der Waals surface area contributed by atoms with Crippen LogP contribution in [0.4, 0.5) is 11.4 Å². The zero-order chi connectivity index (χ0) is 22.0. The molecule has 31 heavy (non-hydrogen) atoms. The topological polar surface area (TPSA) is 118 Å². The first-order chi connectivity index (χ1) is 14.9. The van der Waals surface area contributed by atoms with Crippen molar-refractivity contribution in [1.82, 2.24) is 5.32 Å². The van der Waals surface area contributed by atoms with E-state index in [9.17, 15) is 20.0 Å². The van der Waals surface area contributed by atoms with E-state index in [0.29, 0.717) is 5.69 Å². The number of carbonyl (C=O) groups is 1. The lowest BCUT2D eigenvalue weighted by molar-refractivity contribution is -0.384. The van der Waals surface area contributed by atoms with Gasteiger partial charge in [0, 0.05) is 11.5 Å². The number of rotatable bonds is 4. The molecular weight excluding hydrogens is 418 g/mol. The summed E-state index contributed by atoms with van der Waals surface area (Å²) in [6.07, 6.45) is 0. The Morgan fingerprint density at radius 1 is 1.00 bits per heavy atom. The number of nitrogens with zero attached hydrogens (tertiary/aromatic N) is 1. The fourth-order valence-electron chi connectivity index (χ4n) is 3.15. The molecule has 0 saturated carbocycles. The lowest BCUT2D eigenvalue weighted by atomic mass is 10.1. The second-order valence-electron chi connectivity index (χ2n) is 6.53. The highest BCUT2D eigenvalue weighted by molar-refractivity contribution is 7.80.